The predicted molar refractivity (Wildman–Crippen MR) is 85.9 cm³/mol. The molecule has 0 N–H and O–H groups in total. The van der Waals surface area contributed by atoms with E-state index in [4.69, 9.17) is 14.2 Å². The first-order chi connectivity index (χ1) is 11.5. The fourth-order valence-corrected chi connectivity index (χ4v) is 2.39. The minimum absolute atomic E-state index is 0.258. The first-order valence-corrected chi connectivity index (χ1v) is 7.90. The van der Waals surface area contributed by atoms with Gasteiger partial charge in [0, 0.05) is 5.56 Å². The van der Waals surface area contributed by atoms with E-state index in [1.165, 1.54) is 27.5 Å². The van der Waals surface area contributed by atoms with E-state index in [0.717, 1.165) is 16.4 Å². The van der Waals surface area contributed by atoms with Gasteiger partial charge in [-0.3, -0.25) is 0 Å². The van der Waals surface area contributed by atoms with Gasteiger partial charge in [0.2, 0.25) is 16.7 Å². The highest BCUT2D eigenvalue weighted by Crippen LogP contribution is 2.37. The lowest BCUT2D eigenvalue weighted by Gasteiger charge is -2.12. The third-order valence-corrected chi connectivity index (χ3v) is 3.64. The lowest BCUT2D eigenvalue weighted by Crippen LogP contribution is -2.01. The van der Waals surface area contributed by atoms with Crippen molar-refractivity contribution in [2.75, 3.05) is 27.6 Å². The van der Waals surface area contributed by atoms with E-state index in [9.17, 15) is 8.78 Å². The quantitative estimate of drug-likeness (QED) is 0.560. The topological polar surface area (TPSA) is 70.8 Å². The maximum absolute atomic E-state index is 13.0. The Morgan fingerprint density at radius 3 is 2.21 bits per heavy atom. The van der Waals surface area contributed by atoms with E-state index in [0.29, 0.717) is 22.8 Å². The molecule has 0 spiro atoms. The molecule has 0 aliphatic heterocycles. The fraction of sp³-hybridized carbons (Fsp3) is 0.357. The molecular formula is C14H16F2N4O3S. The van der Waals surface area contributed by atoms with E-state index in [1.807, 2.05) is 0 Å². The van der Waals surface area contributed by atoms with Crippen molar-refractivity contribution >= 4 is 18.0 Å². The summed E-state index contributed by atoms with van der Waals surface area (Å²) < 4.78 is 42.7. The normalized spacial score (nSPS) is 11.3. The summed E-state index contributed by atoms with van der Waals surface area (Å²) in [7, 11) is 4.46. The summed E-state index contributed by atoms with van der Waals surface area (Å²) in [6.07, 6.45) is 0.306. The van der Waals surface area contributed by atoms with E-state index in [2.05, 4.69) is 15.3 Å². The molecule has 1 heterocycles. The van der Waals surface area contributed by atoms with Gasteiger partial charge in [-0.15, -0.1) is 10.2 Å². The van der Waals surface area contributed by atoms with Crippen molar-refractivity contribution in [2.45, 2.75) is 11.6 Å². The third kappa shape index (κ3) is 3.58. The summed E-state index contributed by atoms with van der Waals surface area (Å²) in [6.45, 7) is 0. The average Bonchev–Trinajstić information content (AvgIpc) is 3.01. The van der Waals surface area contributed by atoms with Gasteiger partial charge in [0.15, 0.2) is 11.5 Å². The second kappa shape index (κ2) is 7.95. The number of ether oxygens (including phenoxy) is 3. The zero-order valence-corrected chi connectivity index (χ0v) is 14.3. The van der Waals surface area contributed by atoms with Gasteiger partial charge in [0.05, 0.1) is 27.5 Å². The van der Waals surface area contributed by atoms with Crippen molar-refractivity contribution in [3.63, 3.8) is 0 Å². The fourth-order valence-electron chi connectivity index (χ4n) is 1.95. The number of rotatable bonds is 7. The highest BCUT2D eigenvalue weighted by molar-refractivity contribution is 7.98. The van der Waals surface area contributed by atoms with Crippen molar-refractivity contribution in [1.82, 2.24) is 14.9 Å². The van der Waals surface area contributed by atoms with Crippen LogP contribution in [-0.4, -0.2) is 48.7 Å². The number of alkyl halides is 2. The molecule has 0 amide bonds. The van der Waals surface area contributed by atoms with Crippen molar-refractivity contribution in [2.24, 2.45) is 5.10 Å². The van der Waals surface area contributed by atoms with Crippen LogP contribution in [0, 0.1) is 0 Å². The zero-order valence-electron chi connectivity index (χ0n) is 13.5. The van der Waals surface area contributed by atoms with Crippen LogP contribution in [0.3, 0.4) is 0 Å². The zero-order chi connectivity index (χ0) is 17.7. The summed E-state index contributed by atoms with van der Waals surface area (Å²) in [6, 6.07) is 3.30. The van der Waals surface area contributed by atoms with Crippen LogP contribution >= 0.6 is 11.8 Å². The molecule has 2 aromatic rings. The molecule has 24 heavy (non-hydrogen) atoms. The number of aromatic nitrogens is 3. The molecule has 0 unspecified atom stereocenters. The van der Waals surface area contributed by atoms with E-state index in [1.54, 1.807) is 18.4 Å². The summed E-state index contributed by atoms with van der Waals surface area (Å²) in [5.41, 5.74) is 0.575. The first kappa shape index (κ1) is 18.0. The van der Waals surface area contributed by atoms with Crippen LogP contribution in [0.25, 0.3) is 0 Å². The number of nitrogens with zero attached hydrogens (tertiary/aromatic N) is 4. The highest BCUT2D eigenvalue weighted by atomic mass is 32.2. The molecule has 0 radical (unpaired) electrons. The SMILES string of the molecule is COc1cc(C=Nn2c(SC)nnc2C(F)F)cc(OC)c1OC. The number of benzene rings is 1. The van der Waals surface area contributed by atoms with Gasteiger partial charge < -0.3 is 14.2 Å². The number of hydrogen-bond donors (Lipinski definition) is 0. The maximum Gasteiger partial charge on any atom is 0.299 e. The van der Waals surface area contributed by atoms with Crippen LogP contribution in [0.1, 0.15) is 17.8 Å². The largest absolute Gasteiger partial charge is 0.493 e. The molecule has 0 aliphatic carbocycles. The summed E-state index contributed by atoms with van der Waals surface area (Å²) >= 11 is 1.16. The highest BCUT2D eigenvalue weighted by Gasteiger charge is 2.19. The van der Waals surface area contributed by atoms with Crippen LogP contribution in [0.15, 0.2) is 22.4 Å². The lowest BCUT2D eigenvalue weighted by molar-refractivity contribution is 0.135. The van der Waals surface area contributed by atoms with Crippen LogP contribution in [0.5, 0.6) is 17.2 Å². The standard InChI is InChI=1S/C14H16F2N4O3S/c1-21-9-5-8(6-10(22-2)11(9)23-3)7-17-20-13(12(15)16)18-19-14(20)24-4/h5-7,12H,1-4H3. The molecular weight excluding hydrogens is 342 g/mol. The van der Waals surface area contributed by atoms with E-state index in [-0.39, 0.29) is 5.16 Å². The molecule has 0 saturated heterocycles. The van der Waals surface area contributed by atoms with E-state index >= 15 is 0 Å². The first-order valence-electron chi connectivity index (χ1n) is 6.67. The van der Waals surface area contributed by atoms with Crippen LogP contribution in [0.4, 0.5) is 8.78 Å². The van der Waals surface area contributed by atoms with Gasteiger partial charge >= 0.3 is 0 Å². The van der Waals surface area contributed by atoms with Gasteiger partial charge in [0.1, 0.15) is 0 Å². The summed E-state index contributed by atoms with van der Waals surface area (Å²) in [5, 5.41) is 11.4. The average molecular weight is 358 g/mol. The lowest BCUT2D eigenvalue weighted by atomic mass is 10.2. The van der Waals surface area contributed by atoms with Gasteiger partial charge in [-0.25, -0.2) is 8.78 Å². The number of hydrogen-bond acceptors (Lipinski definition) is 7. The smallest absolute Gasteiger partial charge is 0.299 e. The molecule has 10 heteroatoms. The Kier molecular flexibility index (Phi) is 5.96. The Morgan fingerprint density at radius 2 is 1.75 bits per heavy atom. The molecule has 0 bridgehead atoms. The Hall–Kier alpha value is -2.36. The Balaban J connectivity index is 2.44. The van der Waals surface area contributed by atoms with Gasteiger partial charge in [-0.05, 0) is 18.4 Å². The van der Waals surface area contributed by atoms with Crippen molar-refractivity contribution in [3.05, 3.63) is 23.5 Å². The van der Waals surface area contributed by atoms with Crippen LogP contribution < -0.4 is 14.2 Å². The number of methoxy groups -OCH3 is 3. The molecule has 7 nitrogen and oxygen atoms in total. The van der Waals surface area contributed by atoms with Gasteiger partial charge in [0.25, 0.3) is 6.43 Å². The number of halogens is 2. The monoisotopic (exact) mass is 358 g/mol. The maximum atomic E-state index is 13.0. The van der Waals surface area contributed by atoms with Crippen molar-refractivity contribution in [1.29, 1.82) is 0 Å². The molecule has 1 aromatic heterocycles. The van der Waals surface area contributed by atoms with Gasteiger partial charge in [-0.1, -0.05) is 11.8 Å². The molecule has 2 rings (SSSR count). The molecule has 0 saturated carbocycles. The second-order valence-corrected chi connectivity index (χ2v) is 5.13. The van der Waals surface area contributed by atoms with Crippen molar-refractivity contribution < 1.29 is 23.0 Å². The molecule has 1 aromatic carbocycles. The molecule has 130 valence electrons. The Labute approximate surface area is 141 Å². The van der Waals surface area contributed by atoms with Crippen molar-refractivity contribution in [3.8, 4) is 17.2 Å². The summed E-state index contributed by atoms with van der Waals surface area (Å²) in [5.74, 6) is 0.769. The van der Waals surface area contributed by atoms with E-state index < -0.39 is 12.2 Å². The molecule has 0 fully saturated rings. The minimum Gasteiger partial charge on any atom is -0.493 e. The number of thioether (sulfide) groups is 1. The Morgan fingerprint density at radius 1 is 1.12 bits per heavy atom. The third-order valence-electron chi connectivity index (χ3n) is 3.02. The molecule has 0 atom stereocenters. The van der Waals surface area contributed by atoms with Crippen LogP contribution in [-0.2, 0) is 0 Å². The predicted octanol–water partition coefficient (Wildman–Crippen LogP) is 2.85. The van der Waals surface area contributed by atoms with Gasteiger partial charge in [-0.2, -0.15) is 9.78 Å². The minimum atomic E-state index is -2.78. The summed E-state index contributed by atoms with van der Waals surface area (Å²) in [4.78, 5) is 0. The van der Waals surface area contributed by atoms with Crippen LogP contribution in [0.2, 0.25) is 0 Å². The Bertz CT molecular complexity index is 712. The second-order valence-electron chi connectivity index (χ2n) is 4.36. The molecule has 0 aliphatic rings.